The minimum atomic E-state index is -0.121. The summed E-state index contributed by atoms with van der Waals surface area (Å²) in [6, 6.07) is 7.55. The van der Waals surface area contributed by atoms with Crippen LogP contribution in [0, 0.1) is 5.92 Å². The van der Waals surface area contributed by atoms with Crippen LogP contribution in [-0.2, 0) is 11.2 Å². The lowest BCUT2D eigenvalue weighted by Gasteiger charge is -2.30. The fourth-order valence-corrected chi connectivity index (χ4v) is 3.32. The predicted molar refractivity (Wildman–Crippen MR) is 95.6 cm³/mol. The molecule has 2 atom stereocenters. The molecule has 3 rings (SSSR count). The third-order valence-corrected chi connectivity index (χ3v) is 4.91. The van der Waals surface area contributed by atoms with Gasteiger partial charge in [-0.25, -0.2) is 4.79 Å². The van der Waals surface area contributed by atoms with E-state index in [4.69, 9.17) is 4.74 Å². The molecule has 1 aliphatic carbocycles. The zero-order valence-corrected chi connectivity index (χ0v) is 14.7. The van der Waals surface area contributed by atoms with Crippen molar-refractivity contribution in [2.24, 2.45) is 5.92 Å². The molecule has 0 aromatic heterocycles. The lowest BCUT2D eigenvalue weighted by molar-refractivity contribution is -0.00913. The van der Waals surface area contributed by atoms with Crippen LogP contribution in [0.3, 0.4) is 0 Å². The quantitative estimate of drug-likeness (QED) is 0.736. The van der Waals surface area contributed by atoms with Gasteiger partial charge in [0.1, 0.15) is 0 Å². The third-order valence-electron chi connectivity index (χ3n) is 4.91. The number of rotatable bonds is 6. The second-order valence-electron chi connectivity index (χ2n) is 6.90. The fraction of sp³-hybridized carbons (Fsp3) is 0.579. The van der Waals surface area contributed by atoms with E-state index in [0.29, 0.717) is 30.6 Å². The van der Waals surface area contributed by atoms with Gasteiger partial charge >= 0.3 is 6.03 Å². The van der Waals surface area contributed by atoms with Crippen LogP contribution >= 0.6 is 0 Å². The van der Waals surface area contributed by atoms with Crippen molar-refractivity contribution in [3.05, 3.63) is 35.4 Å². The highest BCUT2D eigenvalue weighted by molar-refractivity contribution is 5.94. The molecule has 136 valence electrons. The molecule has 3 N–H and O–H groups in total. The Morgan fingerprint density at radius 3 is 2.84 bits per heavy atom. The summed E-state index contributed by atoms with van der Waals surface area (Å²) in [6.45, 7) is 1.27. The summed E-state index contributed by atoms with van der Waals surface area (Å²) in [5.74, 6) is 0.609. The number of carbonyl (C=O) groups excluding carboxylic acids is 2. The van der Waals surface area contributed by atoms with E-state index < -0.39 is 0 Å². The van der Waals surface area contributed by atoms with E-state index in [9.17, 15) is 9.59 Å². The molecule has 0 unspecified atom stereocenters. The van der Waals surface area contributed by atoms with Crippen molar-refractivity contribution >= 4 is 11.9 Å². The van der Waals surface area contributed by atoms with Crippen molar-refractivity contribution < 1.29 is 14.3 Å². The molecule has 2 aliphatic rings. The average molecular weight is 345 g/mol. The van der Waals surface area contributed by atoms with Gasteiger partial charge in [-0.3, -0.25) is 4.79 Å². The summed E-state index contributed by atoms with van der Waals surface area (Å²) >= 11 is 0. The van der Waals surface area contributed by atoms with Crippen molar-refractivity contribution in [1.82, 2.24) is 16.0 Å². The van der Waals surface area contributed by atoms with Gasteiger partial charge in [0.15, 0.2) is 0 Å². The topological polar surface area (TPSA) is 79.5 Å². The Bertz CT molecular complexity index is 616. The Labute approximate surface area is 148 Å². The molecule has 1 saturated heterocycles. The van der Waals surface area contributed by atoms with Crippen molar-refractivity contribution in [2.75, 3.05) is 20.2 Å². The molecular formula is C19H27N3O3. The van der Waals surface area contributed by atoms with Crippen molar-refractivity contribution in [3.8, 4) is 0 Å². The highest BCUT2D eigenvalue weighted by Crippen LogP contribution is 2.38. The van der Waals surface area contributed by atoms with Gasteiger partial charge in [0, 0.05) is 31.8 Å². The number of carbonyl (C=O) groups is 2. The first-order chi connectivity index (χ1) is 12.2. The molecule has 2 fully saturated rings. The number of urea groups is 1. The van der Waals surface area contributed by atoms with Gasteiger partial charge in [0.2, 0.25) is 0 Å². The monoisotopic (exact) mass is 345 g/mol. The summed E-state index contributed by atoms with van der Waals surface area (Å²) in [4.78, 5) is 23.7. The first kappa shape index (κ1) is 17.7. The van der Waals surface area contributed by atoms with Gasteiger partial charge in [-0.15, -0.1) is 0 Å². The molecule has 1 aliphatic heterocycles. The molecule has 0 spiro atoms. The van der Waals surface area contributed by atoms with E-state index in [2.05, 4.69) is 16.0 Å². The number of benzene rings is 1. The second-order valence-corrected chi connectivity index (χ2v) is 6.90. The highest BCUT2D eigenvalue weighted by atomic mass is 16.5. The zero-order chi connectivity index (χ0) is 17.6. The number of amides is 3. The van der Waals surface area contributed by atoms with E-state index >= 15 is 0 Å². The number of nitrogens with one attached hydrogen (secondary N) is 3. The van der Waals surface area contributed by atoms with Crippen LogP contribution in [0.1, 0.15) is 41.6 Å². The maximum Gasteiger partial charge on any atom is 0.315 e. The van der Waals surface area contributed by atoms with Crippen LogP contribution < -0.4 is 16.0 Å². The molecule has 1 aromatic carbocycles. The van der Waals surface area contributed by atoms with Gasteiger partial charge < -0.3 is 20.7 Å². The van der Waals surface area contributed by atoms with Crippen LogP contribution in [0.15, 0.2) is 24.3 Å². The van der Waals surface area contributed by atoms with Crippen molar-refractivity contribution in [1.29, 1.82) is 0 Å². The van der Waals surface area contributed by atoms with E-state index in [1.807, 2.05) is 18.2 Å². The minimum absolute atomic E-state index is 0.0997. The van der Waals surface area contributed by atoms with Crippen LogP contribution in [0.2, 0.25) is 0 Å². The number of hydrogen-bond donors (Lipinski definition) is 3. The number of hydrogen-bond acceptors (Lipinski definition) is 3. The summed E-state index contributed by atoms with van der Waals surface area (Å²) in [6.07, 6.45) is 5.34. The predicted octanol–water partition coefficient (Wildman–Crippen LogP) is 1.85. The smallest absolute Gasteiger partial charge is 0.315 e. The summed E-state index contributed by atoms with van der Waals surface area (Å²) < 4.78 is 5.79. The lowest BCUT2D eigenvalue weighted by atomic mass is 10.0. The summed E-state index contributed by atoms with van der Waals surface area (Å²) in [5, 5.41) is 8.59. The molecule has 1 saturated carbocycles. The Hall–Kier alpha value is -2.08. The van der Waals surface area contributed by atoms with Gasteiger partial charge in [0.25, 0.3) is 5.91 Å². The Morgan fingerprint density at radius 2 is 2.08 bits per heavy atom. The molecular weight excluding hydrogens is 318 g/mol. The first-order valence-corrected chi connectivity index (χ1v) is 9.12. The maximum atomic E-state index is 12.1. The van der Waals surface area contributed by atoms with E-state index in [1.165, 1.54) is 12.8 Å². The molecule has 1 heterocycles. The Morgan fingerprint density at radius 1 is 1.24 bits per heavy atom. The zero-order valence-electron chi connectivity index (χ0n) is 14.7. The molecule has 6 nitrogen and oxygen atoms in total. The van der Waals surface area contributed by atoms with Gasteiger partial charge in [0.05, 0.1) is 6.10 Å². The minimum Gasteiger partial charge on any atom is -0.378 e. The SMILES string of the molecule is CNC(=O)c1cccc(CCNC(=O)N[C@H]2CCO[C@H](C3CC3)C2)c1. The summed E-state index contributed by atoms with van der Waals surface area (Å²) in [7, 11) is 1.62. The van der Waals surface area contributed by atoms with Crippen LogP contribution in [-0.4, -0.2) is 44.3 Å². The molecule has 3 amide bonds. The lowest BCUT2D eigenvalue weighted by Crippen LogP contribution is -2.47. The second kappa shape index (κ2) is 8.34. The molecule has 6 heteroatoms. The summed E-state index contributed by atoms with van der Waals surface area (Å²) in [5.41, 5.74) is 1.67. The van der Waals surface area contributed by atoms with Crippen LogP contribution in [0.25, 0.3) is 0 Å². The number of ether oxygens (including phenoxy) is 1. The Kier molecular flexibility index (Phi) is 5.91. The third kappa shape index (κ3) is 5.19. The maximum absolute atomic E-state index is 12.1. The Balaban J connectivity index is 1.39. The highest BCUT2D eigenvalue weighted by Gasteiger charge is 2.36. The molecule has 25 heavy (non-hydrogen) atoms. The fourth-order valence-electron chi connectivity index (χ4n) is 3.32. The van der Waals surface area contributed by atoms with Gasteiger partial charge in [-0.2, -0.15) is 0 Å². The van der Waals surface area contributed by atoms with Crippen LogP contribution in [0.4, 0.5) is 4.79 Å². The van der Waals surface area contributed by atoms with E-state index in [1.54, 1.807) is 13.1 Å². The normalized spacial score (nSPS) is 22.9. The first-order valence-electron chi connectivity index (χ1n) is 9.12. The molecule has 0 bridgehead atoms. The van der Waals surface area contributed by atoms with Crippen molar-refractivity contribution in [3.63, 3.8) is 0 Å². The largest absolute Gasteiger partial charge is 0.378 e. The molecule has 1 aromatic rings. The van der Waals surface area contributed by atoms with Crippen molar-refractivity contribution in [2.45, 2.75) is 44.2 Å². The van der Waals surface area contributed by atoms with Crippen LogP contribution in [0.5, 0.6) is 0 Å². The standard InChI is InChI=1S/C19H27N3O3/c1-20-18(23)15-4-2-3-13(11-15)7-9-21-19(24)22-16-8-10-25-17(12-16)14-5-6-14/h2-4,11,14,16-17H,5-10,12H2,1H3,(H,20,23)(H2,21,22,24)/t16-,17-/m0/s1. The van der Waals surface area contributed by atoms with Gasteiger partial charge in [-0.05, 0) is 55.7 Å². The van der Waals surface area contributed by atoms with E-state index in [0.717, 1.165) is 25.0 Å². The average Bonchev–Trinajstić information content (AvgIpc) is 3.47. The van der Waals surface area contributed by atoms with E-state index in [-0.39, 0.29) is 18.0 Å². The van der Waals surface area contributed by atoms with Gasteiger partial charge in [-0.1, -0.05) is 12.1 Å². The molecule has 0 radical (unpaired) electrons.